The minimum Gasteiger partial charge on any atom is -0.477 e. The Bertz CT molecular complexity index is 1260. The van der Waals surface area contributed by atoms with E-state index in [2.05, 4.69) is 21.0 Å². The smallest absolute Gasteiger partial charge is 0.347 e. The number of nitrogens with zero attached hydrogens (tertiary/aromatic N) is 3. The van der Waals surface area contributed by atoms with Gasteiger partial charge >= 0.3 is 5.97 Å². The highest BCUT2D eigenvalue weighted by atomic mass is 79.9. The number of carbonyl (C=O) groups is 1. The van der Waals surface area contributed by atoms with Gasteiger partial charge in [0.15, 0.2) is 6.10 Å². The topological polar surface area (TPSA) is 82.8 Å². The van der Waals surface area contributed by atoms with Gasteiger partial charge in [-0.2, -0.15) is 9.78 Å². The lowest BCUT2D eigenvalue weighted by atomic mass is 10.1. The maximum atomic E-state index is 13.2. The third-order valence-corrected chi connectivity index (χ3v) is 5.88. The van der Waals surface area contributed by atoms with Gasteiger partial charge in [-0.25, -0.2) is 9.78 Å². The molecule has 0 aliphatic heterocycles. The first-order valence-corrected chi connectivity index (χ1v) is 11.8. The van der Waals surface area contributed by atoms with E-state index in [0.717, 1.165) is 10.9 Å². The highest BCUT2D eigenvalue weighted by Crippen LogP contribution is 2.26. The van der Waals surface area contributed by atoms with Gasteiger partial charge in [-0.15, -0.1) is 0 Å². The SMILES string of the molecule is CCOC(=O)[C@H](C)Oc1ccc(C=Nn2c([C@H](C)CC)nc3ccc(Br)cc3c2=O)cc1Cl. The van der Waals surface area contributed by atoms with Crippen molar-refractivity contribution in [2.45, 2.75) is 46.1 Å². The predicted octanol–water partition coefficient (Wildman–Crippen LogP) is 5.54. The summed E-state index contributed by atoms with van der Waals surface area (Å²) in [6.07, 6.45) is 1.56. The van der Waals surface area contributed by atoms with Gasteiger partial charge < -0.3 is 9.47 Å². The first-order chi connectivity index (χ1) is 15.7. The van der Waals surface area contributed by atoms with Gasteiger partial charge in [0, 0.05) is 10.4 Å². The quantitative estimate of drug-likeness (QED) is 0.280. The molecule has 0 fully saturated rings. The van der Waals surface area contributed by atoms with Crippen LogP contribution in [0.4, 0.5) is 0 Å². The zero-order chi connectivity index (χ0) is 24.1. The van der Waals surface area contributed by atoms with Gasteiger partial charge in [0.1, 0.15) is 11.6 Å². The number of carbonyl (C=O) groups excluding carboxylic acids is 1. The maximum absolute atomic E-state index is 13.2. The zero-order valence-electron chi connectivity index (χ0n) is 18.8. The Hall–Kier alpha value is -2.71. The molecular weight excluding hydrogens is 510 g/mol. The van der Waals surface area contributed by atoms with Gasteiger partial charge in [0.05, 0.1) is 28.7 Å². The molecule has 9 heteroatoms. The van der Waals surface area contributed by atoms with E-state index < -0.39 is 12.1 Å². The summed E-state index contributed by atoms with van der Waals surface area (Å²) in [7, 11) is 0. The van der Waals surface area contributed by atoms with Crippen LogP contribution in [-0.2, 0) is 9.53 Å². The molecule has 3 aromatic rings. The predicted molar refractivity (Wildman–Crippen MR) is 134 cm³/mol. The minimum atomic E-state index is -0.790. The third-order valence-electron chi connectivity index (χ3n) is 5.09. The normalized spacial score (nSPS) is 13.3. The van der Waals surface area contributed by atoms with Gasteiger partial charge in [-0.1, -0.05) is 41.4 Å². The summed E-state index contributed by atoms with van der Waals surface area (Å²) in [6.45, 7) is 7.64. The van der Waals surface area contributed by atoms with Crippen molar-refractivity contribution in [2.75, 3.05) is 6.61 Å². The van der Waals surface area contributed by atoms with Crippen molar-refractivity contribution in [2.24, 2.45) is 5.10 Å². The number of rotatable bonds is 8. The standard InChI is InChI=1S/C24H25BrClN3O4/c1-5-14(3)22-28-20-9-8-17(25)12-18(20)23(30)29(22)27-13-16-7-10-21(19(26)11-16)33-15(4)24(31)32-6-2/h7-15H,5-6H2,1-4H3/t14-,15+/m1/s1. The summed E-state index contributed by atoms with van der Waals surface area (Å²) < 4.78 is 12.7. The Labute approximate surface area is 205 Å². The van der Waals surface area contributed by atoms with E-state index >= 15 is 0 Å². The molecule has 0 radical (unpaired) electrons. The van der Waals surface area contributed by atoms with Crippen LogP contribution in [0.25, 0.3) is 10.9 Å². The number of benzene rings is 2. The Balaban J connectivity index is 1.95. The molecule has 33 heavy (non-hydrogen) atoms. The highest BCUT2D eigenvalue weighted by molar-refractivity contribution is 9.10. The van der Waals surface area contributed by atoms with E-state index in [1.807, 2.05) is 26.0 Å². The zero-order valence-corrected chi connectivity index (χ0v) is 21.2. The average molecular weight is 535 g/mol. The van der Waals surface area contributed by atoms with Crippen LogP contribution in [-0.4, -0.2) is 34.6 Å². The van der Waals surface area contributed by atoms with Crippen molar-refractivity contribution in [3.05, 3.63) is 67.6 Å². The van der Waals surface area contributed by atoms with Crippen molar-refractivity contribution >= 4 is 50.6 Å². The first kappa shape index (κ1) is 24.9. The molecule has 0 spiro atoms. The molecule has 1 heterocycles. The molecule has 3 rings (SSSR count). The molecule has 7 nitrogen and oxygen atoms in total. The monoisotopic (exact) mass is 533 g/mol. The van der Waals surface area contributed by atoms with Crippen molar-refractivity contribution < 1.29 is 14.3 Å². The average Bonchev–Trinajstić information content (AvgIpc) is 2.79. The summed E-state index contributed by atoms with van der Waals surface area (Å²) in [5.74, 6) is 0.505. The van der Waals surface area contributed by atoms with Crippen LogP contribution in [0.3, 0.4) is 0 Å². The van der Waals surface area contributed by atoms with Crippen LogP contribution in [0.15, 0.2) is 50.8 Å². The summed E-state index contributed by atoms with van der Waals surface area (Å²) in [5, 5.41) is 5.22. The maximum Gasteiger partial charge on any atom is 0.347 e. The van der Waals surface area contributed by atoms with Crippen LogP contribution in [0, 0.1) is 0 Å². The number of halogens is 2. The van der Waals surface area contributed by atoms with E-state index in [-0.39, 0.29) is 18.1 Å². The minimum absolute atomic E-state index is 0.0339. The van der Waals surface area contributed by atoms with Gasteiger partial charge in [0.2, 0.25) is 0 Å². The van der Waals surface area contributed by atoms with Gasteiger partial charge in [0.25, 0.3) is 5.56 Å². The molecule has 0 N–H and O–H groups in total. The molecule has 0 aliphatic rings. The molecule has 0 unspecified atom stereocenters. The number of hydrogen-bond acceptors (Lipinski definition) is 6. The summed E-state index contributed by atoms with van der Waals surface area (Å²) in [6, 6.07) is 10.4. The van der Waals surface area contributed by atoms with Crippen LogP contribution in [0.1, 0.15) is 51.4 Å². The Morgan fingerprint density at radius 1 is 1.24 bits per heavy atom. The molecule has 1 aromatic heterocycles. The van der Waals surface area contributed by atoms with E-state index in [0.29, 0.717) is 33.1 Å². The van der Waals surface area contributed by atoms with E-state index in [1.54, 1.807) is 44.3 Å². The van der Waals surface area contributed by atoms with E-state index in [4.69, 9.17) is 26.1 Å². The summed E-state index contributed by atoms with van der Waals surface area (Å²) in [4.78, 5) is 29.7. The highest BCUT2D eigenvalue weighted by Gasteiger charge is 2.18. The van der Waals surface area contributed by atoms with Gasteiger partial charge in [-0.05, 0) is 62.2 Å². The summed E-state index contributed by atoms with van der Waals surface area (Å²) >= 11 is 9.75. The molecule has 0 amide bonds. The lowest BCUT2D eigenvalue weighted by molar-refractivity contribution is -0.150. The van der Waals surface area contributed by atoms with Crippen molar-refractivity contribution in [1.29, 1.82) is 0 Å². The molecule has 0 saturated heterocycles. The van der Waals surface area contributed by atoms with Crippen molar-refractivity contribution in [3.63, 3.8) is 0 Å². The number of hydrogen-bond donors (Lipinski definition) is 0. The molecule has 2 aromatic carbocycles. The Morgan fingerprint density at radius 2 is 2.00 bits per heavy atom. The van der Waals surface area contributed by atoms with Crippen molar-refractivity contribution in [3.8, 4) is 5.75 Å². The second-order valence-corrected chi connectivity index (χ2v) is 8.83. The Kier molecular flexibility index (Phi) is 8.26. The molecule has 2 atom stereocenters. The second-order valence-electron chi connectivity index (χ2n) is 7.50. The Morgan fingerprint density at radius 3 is 2.67 bits per heavy atom. The number of aromatic nitrogens is 2. The van der Waals surface area contributed by atoms with Crippen molar-refractivity contribution in [1.82, 2.24) is 9.66 Å². The van der Waals surface area contributed by atoms with Crippen LogP contribution < -0.4 is 10.3 Å². The molecule has 0 bridgehead atoms. The number of ether oxygens (including phenoxy) is 2. The fourth-order valence-electron chi connectivity index (χ4n) is 3.09. The van der Waals surface area contributed by atoms with Gasteiger partial charge in [-0.3, -0.25) is 4.79 Å². The number of fused-ring (bicyclic) bond motifs is 1. The number of esters is 1. The molecule has 174 valence electrons. The van der Waals surface area contributed by atoms with Crippen LogP contribution >= 0.6 is 27.5 Å². The fourth-order valence-corrected chi connectivity index (χ4v) is 3.69. The van der Waals surface area contributed by atoms with Crippen LogP contribution in [0.5, 0.6) is 5.75 Å². The van der Waals surface area contributed by atoms with Crippen LogP contribution in [0.2, 0.25) is 5.02 Å². The lowest BCUT2D eigenvalue weighted by Crippen LogP contribution is -2.26. The third kappa shape index (κ3) is 5.81. The molecule has 0 saturated carbocycles. The molecular formula is C24H25BrClN3O4. The lowest BCUT2D eigenvalue weighted by Gasteiger charge is -2.15. The van der Waals surface area contributed by atoms with E-state index in [1.165, 1.54) is 4.68 Å². The largest absolute Gasteiger partial charge is 0.477 e. The molecule has 0 aliphatic carbocycles. The summed E-state index contributed by atoms with van der Waals surface area (Å²) in [5.41, 5.74) is 1.04. The second kappa shape index (κ2) is 10.9. The first-order valence-electron chi connectivity index (χ1n) is 10.6. The van der Waals surface area contributed by atoms with E-state index in [9.17, 15) is 9.59 Å². The fraction of sp³-hybridized carbons (Fsp3) is 0.333.